The Morgan fingerprint density at radius 3 is 2.59 bits per heavy atom. The second-order valence-electron chi connectivity index (χ2n) is 7.17. The Kier molecular flexibility index (Phi) is 5.85. The SMILES string of the molecule is COc1ccc2c(c1)CCc1cc(C(=O)O[C@@H](C)C(=O)NCC(C)C)sc1-2. The molecule has 1 aliphatic carbocycles. The van der Waals surface area contributed by atoms with Crippen LogP contribution in [-0.4, -0.2) is 31.6 Å². The second kappa shape index (κ2) is 8.13. The van der Waals surface area contributed by atoms with Gasteiger partial charge in [-0.25, -0.2) is 4.79 Å². The van der Waals surface area contributed by atoms with Crippen LogP contribution < -0.4 is 10.1 Å². The highest BCUT2D eigenvalue weighted by Gasteiger charge is 2.25. The molecule has 0 unspecified atom stereocenters. The van der Waals surface area contributed by atoms with Crippen molar-refractivity contribution in [2.45, 2.75) is 39.7 Å². The van der Waals surface area contributed by atoms with E-state index in [9.17, 15) is 9.59 Å². The van der Waals surface area contributed by atoms with E-state index in [1.165, 1.54) is 16.9 Å². The largest absolute Gasteiger partial charge is 0.497 e. The number of fused-ring (bicyclic) bond motifs is 3. The zero-order valence-corrected chi connectivity index (χ0v) is 16.9. The summed E-state index contributed by atoms with van der Waals surface area (Å²) in [6.45, 7) is 6.19. The Morgan fingerprint density at radius 1 is 1.15 bits per heavy atom. The molecule has 1 aliphatic rings. The molecule has 1 aromatic heterocycles. The number of aryl methyl sites for hydroxylation is 2. The van der Waals surface area contributed by atoms with Crippen molar-refractivity contribution >= 4 is 23.2 Å². The average molecular weight is 388 g/mol. The highest BCUT2D eigenvalue weighted by atomic mass is 32.1. The molecule has 2 aromatic rings. The Balaban J connectivity index is 1.73. The van der Waals surface area contributed by atoms with Crippen molar-refractivity contribution in [3.8, 4) is 16.2 Å². The minimum atomic E-state index is -0.813. The van der Waals surface area contributed by atoms with E-state index in [-0.39, 0.29) is 5.91 Å². The molecule has 144 valence electrons. The zero-order chi connectivity index (χ0) is 19.6. The standard InChI is InChI=1S/C21H25NO4S/c1-12(2)11-22-20(23)13(3)26-21(24)18-10-15-6-5-14-9-16(25-4)7-8-17(14)19(15)27-18/h7-10,12-13H,5-6,11H2,1-4H3,(H,22,23)/t13-/m0/s1. The number of carbonyl (C=O) groups excluding carboxylic acids is 2. The fraction of sp³-hybridized carbons (Fsp3) is 0.429. The topological polar surface area (TPSA) is 64.6 Å². The molecule has 1 atom stereocenters. The normalized spacial score (nSPS) is 13.5. The lowest BCUT2D eigenvalue weighted by Crippen LogP contribution is -2.37. The van der Waals surface area contributed by atoms with Crippen LogP contribution in [0, 0.1) is 5.92 Å². The number of amides is 1. The van der Waals surface area contributed by atoms with Crippen molar-refractivity contribution in [2.24, 2.45) is 5.92 Å². The summed E-state index contributed by atoms with van der Waals surface area (Å²) >= 11 is 1.42. The molecule has 5 nitrogen and oxygen atoms in total. The quantitative estimate of drug-likeness (QED) is 0.765. The van der Waals surface area contributed by atoms with Gasteiger partial charge in [-0.3, -0.25) is 4.79 Å². The summed E-state index contributed by atoms with van der Waals surface area (Å²) in [7, 11) is 1.66. The third kappa shape index (κ3) is 4.33. The van der Waals surface area contributed by atoms with Gasteiger partial charge in [-0.1, -0.05) is 13.8 Å². The summed E-state index contributed by atoms with van der Waals surface area (Å²) in [5.41, 5.74) is 3.52. The molecule has 6 heteroatoms. The highest BCUT2D eigenvalue weighted by Crippen LogP contribution is 2.41. The lowest BCUT2D eigenvalue weighted by Gasteiger charge is -2.16. The minimum Gasteiger partial charge on any atom is -0.497 e. The number of carbonyl (C=O) groups is 2. The van der Waals surface area contributed by atoms with Crippen LogP contribution >= 0.6 is 11.3 Å². The van der Waals surface area contributed by atoms with Gasteiger partial charge >= 0.3 is 5.97 Å². The van der Waals surface area contributed by atoms with Crippen molar-refractivity contribution in [3.63, 3.8) is 0 Å². The molecule has 0 radical (unpaired) electrons. The van der Waals surface area contributed by atoms with Crippen LogP contribution in [0.5, 0.6) is 5.75 Å². The molecular weight excluding hydrogens is 362 g/mol. The van der Waals surface area contributed by atoms with E-state index >= 15 is 0 Å². The molecule has 0 spiro atoms. The maximum Gasteiger partial charge on any atom is 0.349 e. The number of methoxy groups -OCH3 is 1. The molecular formula is C21H25NO4S. The van der Waals surface area contributed by atoms with Gasteiger partial charge in [0.2, 0.25) is 0 Å². The fourth-order valence-corrected chi connectivity index (χ4v) is 4.21. The summed E-state index contributed by atoms with van der Waals surface area (Å²) in [6.07, 6.45) is 0.981. The van der Waals surface area contributed by atoms with Gasteiger partial charge in [-0.05, 0) is 66.6 Å². The maximum absolute atomic E-state index is 12.5. The van der Waals surface area contributed by atoms with Crippen LogP contribution in [0.25, 0.3) is 10.4 Å². The second-order valence-corrected chi connectivity index (χ2v) is 8.23. The molecule has 27 heavy (non-hydrogen) atoms. The molecule has 0 fully saturated rings. The predicted octanol–water partition coefficient (Wildman–Crippen LogP) is 3.84. The van der Waals surface area contributed by atoms with Crippen molar-refractivity contribution < 1.29 is 19.1 Å². The summed E-state index contributed by atoms with van der Waals surface area (Å²) in [6, 6.07) is 7.93. The molecule has 0 saturated heterocycles. The molecule has 1 amide bonds. The minimum absolute atomic E-state index is 0.268. The van der Waals surface area contributed by atoms with Gasteiger partial charge in [0.15, 0.2) is 6.10 Å². The van der Waals surface area contributed by atoms with Crippen LogP contribution in [0.2, 0.25) is 0 Å². The number of rotatable bonds is 6. The summed E-state index contributed by atoms with van der Waals surface area (Å²) < 4.78 is 10.7. The molecule has 1 heterocycles. The highest BCUT2D eigenvalue weighted by molar-refractivity contribution is 7.17. The van der Waals surface area contributed by atoms with Gasteiger partial charge in [-0.15, -0.1) is 11.3 Å². The first-order chi connectivity index (χ1) is 12.9. The van der Waals surface area contributed by atoms with Gasteiger partial charge < -0.3 is 14.8 Å². The number of hydrogen-bond acceptors (Lipinski definition) is 5. The Hall–Kier alpha value is -2.34. The third-order valence-electron chi connectivity index (χ3n) is 4.57. The number of benzene rings is 1. The molecule has 1 N–H and O–H groups in total. The first-order valence-corrected chi connectivity index (χ1v) is 9.99. The zero-order valence-electron chi connectivity index (χ0n) is 16.1. The van der Waals surface area contributed by atoms with E-state index in [0.29, 0.717) is 17.3 Å². The lowest BCUT2D eigenvalue weighted by atomic mass is 9.91. The first kappa shape index (κ1) is 19.4. The van der Waals surface area contributed by atoms with Gasteiger partial charge in [0.05, 0.1) is 7.11 Å². The van der Waals surface area contributed by atoms with Gasteiger partial charge in [0.25, 0.3) is 5.91 Å². The number of thiophene rings is 1. The van der Waals surface area contributed by atoms with Crippen LogP contribution in [0.3, 0.4) is 0 Å². The number of nitrogens with one attached hydrogen (secondary N) is 1. The van der Waals surface area contributed by atoms with Gasteiger partial charge in [-0.2, -0.15) is 0 Å². The molecule has 3 rings (SSSR count). The predicted molar refractivity (Wildman–Crippen MR) is 106 cm³/mol. The maximum atomic E-state index is 12.5. The van der Waals surface area contributed by atoms with Gasteiger partial charge in [0.1, 0.15) is 10.6 Å². The lowest BCUT2D eigenvalue weighted by molar-refractivity contribution is -0.129. The Labute approximate surface area is 163 Å². The van der Waals surface area contributed by atoms with Crippen LogP contribution in [0.1, 0.15) is 41.6 Å². The van der Waals surface area contributed by atoms with E-state index in [1.807, 2.05) is 32.0 Å². The fourth-order valence-electron chi connectivity index (χ4n) is 3.06. The monoisotopic (exact) mass is 387 g/mol. The number of ether oxygens (including phenoxy) is 2. The molecule has 1 aromatic carbocycles. The van der Waals surface area contributed by atoms with Crippen LogP contribution in [-0.2, 0) is 22.4 Å². The van der Waals surface area contributed by atoms with Crippen molar-refractivity contribution in [3.05, 3.63) is 40.3 Å². The van der Waals surface area contributed by atoms with Crippen LogP contribution in [0.4, 0.5) is 0 Å². The molecule has 0 saturated carbocycles. The van der Waals surface area contributed by atoms with E-state index < -0.39 is 12.1 Å². The number of hydrogen-bond donors (Lipinski definition) is 1. The van der Waals surface area contributed by atoms with Crippen LogP contribution in [0.15, 0.2) is 24.3 Å². The summed E-state index contributed by atoms with van der Waals surface area (Å²) in [4.78, 5) is 26.2. The molecule has 0 aliphatic heterocycles. The third-order valence-corrected chi connectivity index (χ3v) is 5.76. The average Bonchev–Trinajstić information content (AvgIpc) is 3.10. The van der Waals surface area contributed by atoms with E-state index in [4.69, 9.17) is 9.47 Å². The van der Waals surface area contributed by atoms with Crippen molar-refractivity contribution in [1.29, 1.82) is 0 Å². The number of esters is 1. The van der Waals surface area contributed by atoms with E-state index in [2.05, 4.69) is 11.4 Å². The summed E-state index contributed by atoms with van der Waals surface area (Å²) in [5.74, 6) is 0.474. The summed E-state index contributed by atoms with van der Waals surface area (Å²) in [5, 5.41) is 2.79. The Bertz CT molecular complexity index is 856. The smallest absolute Gasteiger partial charge is 0.349 e. The van der Waals surface area contributed by atoms with E-state index in [0.717, 1.165) is 34.6 Å². The first-order valence-electron chi connectivity index (χ1n) is 9.17. The van der Waals surface area contributed by atoms with Crippen molar-refractivity contribution in [2.75, 3.05) is 13.7 Å². The molecule has 0 bridgehead atoms. The Morgan fingerprint density at radius 2 is 1.89 bits per heavy atom. The van der Waals surface area contributed by atoms with E-state index in [1.54, 1.807) is 14.0 Å². The van der Waals surface area contributed by atoms with Gasteiger partial charge in [0, 0.05) is 11.4 Å². The van der Waals surface area contributed by atoms with Crippen molar-refractivity contribution in [1.82, 2.24) is 5.32 Å².